The van der Waals surface area contributed by atoms with E-state index in [2.05, 4.69) is 19.2 Å². The van der Waals surface area contributed by atoms with Crippen molar-refractivity contribution in [2.24, 2.45) is 0 Å². The molecule has 1 nitrogen and oxygen atoms in total. The summed E-state index contributed by atoms with van der Waals surface area (Å²) in [6.07, 6.45) is 6.80. The van der Waals surface area contributed by atoms with Crippen molar-refractivity contribution in [3.05, 3.63) is 0 Å². The van der Waals surface area contributed by atoms with Crippen LogP contribution >= 0.6 is 8.58 Å². The van der Waals surface area contributed by atoms with Crippen LogP contribution in [0.4, 0.5) is 0 Å². The third-order valence-corrected chi connectivity index (χ3v) is 2.79. The summed E-state index contributed by atoms with van der Waals surface area (Å²) in [5.41, 5.74) is 0. The molecule has 0 saturated carbocycles. The number of hydrogen-bond donors (Lipinski definition) is 1. The maximum Gasteiger partial charge on any atom is -0.00119 e. The van der Waals surface area contributed by atoms with Gasteiger partial charge in [0.05, 0.1) is 0 Å². The Labute approximate surface area is 73.1 Å². The van der Waals surface area contributed by atoms with Crippen molar-refractivity contribution in [2.45, 2.75) is 33.1 Å². The Morgan fingerprint density at radius 2 is 1.91 bits per heavy atom. The fourth-order valence-corrected chi connectivity index (χ4v) is 1.69. The molecule has 0 aliphatic carbocycles. The first-order valence-electron chi connectivity index (χ1n) is 4.83. The molecule has 0 amide bonds. The van der Waals surface area contributed by atoms with Crippen LogP contribution in [0.15, 0.2) is 0 Å². The van der Waals surface area contributed by atoms with Crippen LogP contribution in [0, 0.1) is 0 Å². The molecular weight excluding hydrogens is 153 g/mol. The summed E-state index contributed by atoms with van der Waals surface area (Å²) in [6.45, 7) is 6.96. The van der Waals surface area contributed by atoms with Gasteiger partial charge in [-0.3, -0.25) is 0 Å². The molecule has 68 valence electrons. The molecule has 1 N–H and O–H groups in total. The highest BCUT2D eigenvalue weighted by molar-refractivity contribution is 7.37. The molecule has 0 bridgehead atoms. The summed E-state index contributed by atoms with van der Waals surface area (Å²) in [4.78, 5) is 0. The largest absolute Gasteiger partial charge is 0.316 e. The topological polar surface area (TPSA) is 12.0 Å². The Morgan fingerprint density at radius 1 is 1.09 bits per heavy atom. The van der Waals surface area contributed by atoms with Crippen LogP contribution in [0.5, 0.6) is 0 Å². The molecule has 0 aliphatic heterocycles. The van der Waals surface area contributed by atoms with Gasteiger partial charge in [0.25, 0.3) is 0 Å². The SMILES string of the molecule is CCCCCNCCPCC. The van der Waals surface area contributed by atoms with Gasteiger partial charge in [0.2, 0.25) is 0 Å². The molecule has 0 saturated heterocycles. The lowest BCUT2D eigenvalue weighted by atomic mass is 10.2. The predicted molar refractivity (Wildman–Crippen MR) is 56.1 cm³/mol. The third-order valence-electron chi connectivity index (χ3n) is 1.69. The van der Waals surface area contributed by atoms with Crippen molar-refractivity contribution in [1.82, 2.24) is 5.32 Å². The Hall–Kier alpha value is 0.390. The van der Waals surface area contributed by atoms with E-state index in [0.29, 0.717) is 0 Å². The number of hydrogen-bond acceptors (Lipinski definition) is 1. The monoisotopic (exact) mass is 175 g/mol. The van der Waals surface area contributed by atoms with Crippen molar-refractivity contribution >= 4 is 8.58 Å². The van der Waals surface area contributed by atoms with Gasteiger partial charge in [-0.1, -0.05) is 26.7 Å². The van der Waals surface area contributed by atoms with Crippen molar-refractivity contribution in [2.75, 3.05) is 25.4 Å². The van der Waals surface area contributed by atoms with Crippen LogP contribution in [0.1, 0.15) is 33.1 Å². The van der Waals surface area contributed by atoms with Crippen LogP contribution in [-0.2, 0) is 0 Å². The van der Waals surface area contributed by atoms with Gasteiger partial charge >= 0.3 is 0 Å². The van der Waals surface area contributed by atoms with E-state index in [0.717, 1.165) is 8.58 Å². The molecule has 1 atom stereocenters. The first-order valence-corrected chi connectivity index (χ1v) is 6.24. The van der Waals surface area contributed by atoms with E-state index in [1.54, 1.807) is 0 Å². The summed E-state index contributed by atoms with van der Waals surface area (Å²) >= 11 is 0. The van der Waals surface area contributed by atoms with Gasteiger partial charge < -0.3 is 5.32 Å². The molecule has 2 heteroatoms. The van der Waals surface area contributed by atoms with Crippen LogP contribution in [-0.4, -0.2) is 25.4 Å². The zero-order chi connectivity index (χ0) is 8.36. The van der Waals surface area contributed by atoms with E-state index in [-0.39, 0.29) is 0 Å². The highest BCUT2D eigenvalue weighted by Gasteiger charge is 1.86. The fourth-order valence-electron chi connectivity index (χ4n) is 0.979. The zero-order valence-corrected chi connectivity index (χ0v) is 8.95. The maximum atomic E-state index is 3.46. The average molecular weight is 175 g/mol. The van der Waals surface area contributed by atoms with E-state index in [1.807, 2.05) is 0 Å². The molecule has 0 spiro atoms. The standard InChI is InChI=1S/C9H22NP/c1-3-5-6-7-10-8-9-11-4-2/h10-11H,3-9H2,1-2H3. The molecule has 0 heterocycles. The summed E-state index contributed by atoms with van der Waals surface area (Å²) in [7, 11) is 1.16. The molecule has 0 aromatic carbocycles. The number of nitrogens with one attached hydrogen (secondary N) is 1. The molecule has 11 heavy (non-hydrogen) atoms. The lowest BCUT2D eigenvalue weighted by Crippen LogP contribution is -2.17. The molecule has 0 rings (SSSR count). The van der Waals surface area contributed by atoms with Crippen molar-refractivity contribution in [1.29, 1.82) is 0 Å². The van der Waals surface area contributed by atoms with Crippen LogP contribution in [0.25, 0.3) is 0 Å². The molecule has 0 aromatic heterocycles. The van der Waals surface area contributed by atoms with Crippen LogP contribution < -0.4 is 5.32 Å². The van der Waals surface area contributed by atoms with Crippen LogP contribution in [0.2, 0.25) is 0 Å². The molecule has 0 radical (unpaired) electrons. The van der Waals surface area contributed by atoms with Crippen molar-refractivity contribution in [3.8, 4) is 0 Å². The van der Waals surface area contributed by atoms with E-state index in [9.17, 15) is 0 Å². The van der Waals surface area contributed by atoms with Gasteiger partial charge in [-0.2, -0.15) is 0 Å². The van der Waals surface area contributed by atoms with E-state index < -0.39 is 0 Å². The minimum Gasteiger partial charge on any atom is -0.316 e. The van der Waals surface area contributed by atoms with E-state index in [1.165, 1.54) is 44.7 Å². The van der Waals surface area contributed by atoms with Crippen LogP contribution in [0.3, 0.4) is 0 Å². The Balaban J connectivity index is 2.69. The first kappa shape index (κ1) is 11.4. The van der Waals surface area contributed by atoms with E-state index in [4.69, 9.17) is 0 Å². The van der Waals surface area contributed by atoms with Gasteiger partial charge in [-0.05, 0) is 31.8 Å². The summed E-state index contributed by atoms with van der Waals surface area (Å²) in [6, 6.07) is 0. The lowest BCUT2D eigenvalue weighted by Gasteiger charge is -2.02. The quantitative estimate of drug-likeness (QED) is 0.441. The number of unbranched alkanes of at least 4 members (excludes halogenated alkanes) is 2. The molecule has 0 fully saturated rings. The second-order valence-corrected chi connectivity index (χ2v) is 4.52. The summed E-state index contributed by atoms with van der Waals surface area (Å²) in [5, 5.41) is 3.46. The molecule has 0 aliphatic rings. The predicted octanol–water partition coefficient (Wildman–Crippen LogP) is 2.46. The molecular formula is C9H22NP. The van der Waals surface area contributed by atoms with E-state index >= 15 is 0 Å². The van der Waals surface area contributed by atoms with Gasteiger partial charge in [-0.15, -0.1) is 8.58 Å². The Kier molecular flexibility index (Phi) is 10.8. The first-order chi connectivity index (χ1) is 5.41. The average Bonchev–Trinajstić information content (AvgIpc) is 2.03. The molecule has 1 unspecified atom stereocenters. The Morgan fingerprint density at radius 3 is 2.55 bits per heavy atom. The fraction of sp³-hybridized carbons (Fsp3) is 1.00. The van der Waals surface area contributed by atoms with Gasteiger partial charge in [-0.25, -0.2) is 0 Å². The van der Waals surface area contributed by atoms with Gasteiger partial charge in [0, 0.05) is 0 Å². The highest BCUT2D eigenvalue weighted by Crippen LogP contribution is 2.05. The van der Waals surface area contributed by atoms with Crippen molar-refractivity contribution < 1.29 is 0 Å². The maximum absolute atomic E-state index is 3.46. The van der Waals surface area contributed by atoms with Crippen molar-refractivity contribution in [3.63, 3.8) is 0 Å². The second-order valence-electron chi connectivity index (χ2n) is 2.81. The number of rotatable bonds is 8. The minimum atomic E-state index is 1.16. The lowest BCUT2D eigenvalue weighted by molar-refractivity contribution is 0.635. The Bertz CT molecular complexity index is 58.6. The third kappa shape index (κ3) is 10.4. The van der Waals surface area contributed by atoms with Gasteiger partial charge in [0.1, 0.15) is 0 Å². The second kappa shape index (κ2) is 10.4. The molecule has 0 aromatic rings. The normalized spacial score (nSPS) is 11.5. The van der Waals surface area contributed by atoms with Gasteiger partial charge in [0.15, 0.2) is 0 Å². The summed E-state index contributed by atoms with van der Waals surface area (Å²) < 4.78 is 0. The highest BCUT2D eigenvalue weighted by atomic mass is 31.1. The zero-order valence-electron chi connectivity index (χ0n) is 7.95. The summed E-state index contributed by atoms with van der Waals surface area (Å²) in [5.74, 6) is 0. The smallest absolute Gasteiger partial charge is 0.00119 e. The minimum absolute atomic E-state index is 1.16.